The SMILES string of the molecule is CN1CCN(C)C(Cc2ncc3c(n2)CCC(CN)C3)C1. The Labute approximate surface area is 127 Å². The predicted molar refractivity (Wildman–Crippen MR) is 84.2 cm³/mol. The van der Waals surface area contributed by atoms with Gasteiger partial charge in [0.2, 0.25) is 0 Å². The van der Waals surface area contributed by atoms with E-state index in [1.807, 2.05) is 6.20 Å². The van der Waals surface area contributed by atoms with E-state index in [1.54, 1.807) is 0 Å². The molecule has 0 spiro atoms. The highest BCUT2D eigenvalue weighted by Gasteiger charge is 2.24. The number of nitrogens with zero attached hydrogens (tertiary/aromatic N) is 4. The maximum atomic E-state index is 5.79. The zero-order valence-corrected chi connectivity index (χ0v) is 13.3. The fraction of sp³-hybridized carbons (Fsp3) is 0.750. The molecule has 2 atom stereocenters. The van der Waals surface area contributed by atoms with Crippen molar-refractivity contribution in [3.8, 4) is 0 Å². The Morgan fingerprint density at radius 3 is 3.00 bits per heavy atom. The first-order chi connectivity index (χ1) is 10.2. The number of fused-ring (bicyclic) bond motifs is 1. The fourth-order valence-electron chi connectivity index (χ4n) is 3.46. The predicted octanol–water partition coefficient (Wildman–Crippen LogP) is 0.329. The highest BCUT2D eigenvalue weighted by molar-refractivity contribution is 5.21. The van der Waals surface area contributed by atoms with E-state index in [2.05, 4.69) is 28.9 Å². The molecule has 1 aliphatic carbocycles. The summed E-state index contributed by atoms with van der Waals surface area (Å²) in [6.45, 7) is 4.16. The van der Waals surface area contributed by atoms with Crippen LogP contribution in [0.15, 0.2) is 6.20 Å². The molecule has 5 heteroatoms. The number of piperazine rings is 1. The molecule has 2 N–H and O–H groups in total. The van der Waals surface area contributed by atoms with Crippen LogP contribution in [0.3, 0.4) is 0 Å². The molecule has 116 valence electrons. The minimum atomic E-state index is 0.530. The number of nitrogens with two attached hydrogens (primary N) is 1. The molecule has 2 aliphatic rings. The molecule has 2 unspecified atom stereocenters. The summed E-state index contributed by atoms with van der Waals surface area (Å²) < 4.78 is 0. The van der Waals surface area contributed by atoms with Crippen molar-refractivity contribution in [2.24, 2.45) is 11.7 Å². The molecule has 1 saturated heterocycles. The molecule has 3 rings (SSSR count). The molecule has 1 aliphatic heterocycles. The lowest BCUT2D eigenvalue weighted by Crippen LogP contribution is -2.51. The Kier molecular flexibility index (Phi) is 4.52. The minimum absolute atomic E-state index is 0.530. The normalized spacial score (nSPS) is 27.6. The van der Waals surface area contributed by atoms with Crippen LogP contribution in [0.1, 0.15) is 23.5 Å². The minimum Gasteiger partial charge on any atom is -0.330 e. The van der Waals surface area contributed by atoms with Gasteiger partial charge in [0.1, 0.15) is 5.82 Å². The average Bonchev–Trinajstić information content (AvgIpc) is 2.50. The second-order valence-electron chi connectivity index (χ2n) is 6.70. The summed E-state index contributed by atoms with van der Waals surface area (Å²) in [6, 6.07) is 0.530. The van der Waals surface area contributed by atoms with E-state index in [0.717, 1.165) is 51.3 Å². The van der Waals surface area contributed by atoms with Gasteiger partial charge in [0.15, 0.2) is 0 Å². The quantitative estimate of drug-likeness (QED) is 0.869. The topological polar surface area (TPSA) is 58.3 Å². The van der Waals surface area contributed by atoms with Crippen molar-refractivity contribution in [3.05, 3.63) is 23.3 Å². The van der Waals surface area contributed by atoms with Crippen LogP contribution in [0, 0.1) is 5.92 Å². The van der Waals surface area contributed by atoms with E-state index in [4.69, 9.17) is 10.7 Å². The molecule has 1 aromatic rings. The Bertz CT molecular complexity index is 490. The lowest BCUT2D eigenvalue weighted by molar-refractivity contribution is 0.113. The Morgan fingerprint density at radius 2 is 2.19 bits per heavy atom. The van der Waals surface area contributed by atoms with Crippen molar-refractivity contribution in [2.45, 2.75) is 31.7 Å². The highest BCUT2D eigenvalue weighted by Crippen LogP contribution is 2.23. The molecule has 0 saturated carbocycles. The van der Waals surface area contributed by atoms with Crippen molar-refractivity contribution in [3.63, 3.8) is 0 Å². The van der Waals surface area contributed by atoms with Gasteiger partial charge < -0.3 is 15.5 Å². The van der Waals surface area contributed by atoms with Crippen molar-refractivity contribution in [1.29, 1.82) is 0 Å². The van der Waals surface area contributed by atoms with Crippen LogP contribution in [0.5, 0.6) is 0 Å². The molecule has 2 heterocycles. The number of hydrogen-bond donors (Lipinski definition) is 1. The van der Waals surface area contributed by atoms with Gasteiger partial charge in [-0.1, -0.05) is 0 Å². The summed E-state index contributed by atoms with van der Waals surface area (Å²) in [7, 11) is 4.41. The maximum Gasteiger partial charge on any atom is 0.130 e. The lowest BCUT2D eigenvalue weighted by Gasteiger charge is -2.37. The number of aromatic nitrogens is 2. The Balaban J connectivity index is 1.69. The summed E-state index contributed by atoms with van der Waals surface area (Å²) in [5, 5.41) is 0. The van der Waals surface area contributed by atoms with Crippen LogP contribution in [0.2, 0.25) is 0 Å². The summed E-state index contributed by atoms with van der Waals surface area (Å²) in [6.07, 6.45) is 6.29. The molecule has 0 radical (unpaired) electrons. The molecular weight excluding hydrogens is 262 g/mol. The van der Waals surface area contributed by atoms with E-state index in [9.17, 15) is 0 Å². The second kappa shape index (κ2) is 6.38. The number of rotatable bonds is 3. The molecule has 5 nitrogen and oxygen atoms in total. The van der Waals surface area contributed by atoms with Crippen LogP contribution >= 0.6 is 0 Å². The van der Waals surface area contributed by atoms with E-state index >= 15 is 0 Å². The number of hydrogen-bond acceptors (Lipinski definition) is 5. The van der Waals surface area contributed by atoms with Crippen LogP contribution in [0.4, 0.5) is 0 Å². The van der Waals surface area contributed by atoms with Gasteiger partial charge in [0, 0.05) is 44.0 Å². The first kappa shape index (κ1) is 14.9. The van der Waals surface area contributed by atoms with Gasteiger partial charge in [-0.3, -0.25) is 0 Å². The third-order valence-electron chi connectivity index (χ3n) is 5.03. The standard InChI is InChI=1S/C16H27N5/c1-20-5-6-21(2)14(11-20)8-16-18-10-13-7-12(9-17)3-4-15(13)19-16/h10,12,14H,3-9,11,17H2,1-2H3. The summed E-state index contributed by atoms with van der Waals surface area (Å²) in [5.74, 6) is 1.62. The van der Waals surface area contributed by atoms with Gasteiger partial charge in [-0.25, -0.2) is 9.97 Å². The third kappa shape index (κ3) is 3.42. The van der Waals surface area contributed by atoms with Gasteiger partial charge >= 0.3 is 0 Å². The summed E-state index contributed by atoms with van der Waals surface area (Å²) in [5.41, 5.74) is 8.37. The summed E-state index contributed by atoms with van der Waals surface area (Å²) in [4.78, 5) is 14.3. The number of aryl methyl sites for hydroxylation is 1. The molecule has 1 aromatic heterocycles. The Morgan fingerprint density at radius 1 is 1.33 bits per heavy atom. The molecule has 0 amide bonds. The van der Waals surface area contributed by atoms with Gasteiger partial charge in [0.05, 0.1) is 0 Å². The van der Waals surface area contributed by atoms with Gasteiger partial charge in [-0.2, -0.15) is 0 Å². The summed E-state index contributed by atoms with van der Waals surface area (Å²) >= 11 is 0. The van der Waals surface area contributed by atoms with Gasteiger partial charge in [0.25, 0.3) is 0 Å². The van der Waals surface area contributed by atoms with Crippen LogP contribution < -0.4 is 5.73 Å². The van der Waals surface area contributed by atoms with Crippen molar-refractivity contribution >= 4 is 0 Å². The van der Waals surface area contributed by atoms with Crippen LogP contribution in [-0.4, -0.2) is 66.1 Å². The van der Waals surface area contributed by atoms with E-state index in [-0.39, 0.29) is 0 Å². The molecular formula is C16H27N5. The zero-order chi connectivity index (χ0) is 14.8. The first-order valence-corrected chi connectivity index (χ1v) is 8.08. The van der Waals surface area contributed by atoms with Crippen molar-refractivity contribution in [1.82, 2.24) is 19.8 Å². The highest BCUT2D eigenvalue weighted by atomic mass is 15.3. The van der Waals surface area contributed by atoms with Gasteiger partial charge in [-0.15, -0.1) is 0 Å². The Hall–Kier alpha value is -1.04. The first-order valence-electron chi connectivity index (χ1n) is 8.08. The fourth-order valence-corrected chi connectivity index (χ4v) is 3.46. The van der Waals surface area contributed by atoms with Crippen LogP contribution in [-0.2, 0) is 19.3 Å². The smallest absolute Gasteiger partial charge is 0.130 e. The molecule has 1 fully saturated rings. The maximum absolute atomic E-state index is 5.79. The van der Waals surface area contributed by atoms with Crippen molar-refractivity contribution < 1.29 is 0 Å². The van der Waals surface area contributed by atoms with Crippen molar-refractivity contribution in [2.75, 3.05) is 40.3 Å². The van der Waals surface area contributed by atoms with E-state index < -0.39 is 0 Å². The molecule has 21 heavy (non-hydrogen) atoms. The monoisotopic (exact) mass is 289 g/mol. The van der Waals surface area contributed by atoms with E-state index in [1.165, 1.54) is 17.7 Å². The average molecular weight is 289 g/mol. The second-order valence-corrected chi connectivity index (χ2v) is 6.70. The molecule has 0 bridgehead atoms. The molecule has 0 aromatic carbocycles. The lowest BCUT2D eigenvalue weighted by atomic mass is 9.87. The third-order valence-corrected chi connectivity index (χ3v) is 5.03. The largest absolute Gasteiger partial charge is 0.330 e. The number of likely N-dealkylation sites (N-methyl/N-ethyl adjacent to an activating group) is 2. The van der Waals surface area contributed by atoms with Gasteiger partial charge in [-0.05, 0) is 51.4 Å². The zero-order valence-electron chi connectivity index (χ0n) is 13.3. The van der Waals surface area contributed by atoms with E-state index in [0.29, 0.717) is 12.0 Å². The van der Waals surface area contributed by atoms with Crippen LogP contribution in [0.25, 0.3) is 0 Å².